The van der Waals surface area contributed by atoms with Gasteiger partial charge in [-0.25, -0.2) is 4.39 Å². The first-order chi connectivity index (χ1) is 17.7. The lowest BCUT2D eigenvalue weighted by Gasteiger charge is -2.32. The van der Waals surface area contributed by atoms with Gasteiger partial charge in [-0.2, -0.15) is 0 Å². The number of aryl methyl sites for hydroxylation is 2. The van der Waals surface area contributed by atoms with Crippen molar-refractivity contribution in [1.29, 1.82) is 0 Å². The number of carbonyl (C=O) groups excluding carboxylic acids is 3. The van der Waals surface area contributed by atoms with E-state index in [2.05, 4.69) is 0 Å². The van der Waals surface area contributed by atoms with Gasteiger partial charge in [-0.15, -0.1) is 0 Å². The number of benzene rings is 2. The number of hydrogen-bond donors (Lipinski definition) is 0. The minimum atomic E-state index is -0.537. The van der Waals surface area contributed by atoms with Gasteiger partial charge < -0.3 is 14.4 Å². The fourth-order valence-corrected chi connectivity index (χ4v) is 5.34. The van der Waals surface area contributed by atoms with E-state index in [9.17, 15) is 18.8 Å². The van der Waals surface area contributed by atoms with Gasteiger partial charge in [0.1, 0.15) is 5.82 Å². The number of hydrogen-bond acceptors (Lipinski definition) is 3. The molecule has 6 nitrogen and oxygen atoms in total. The molecule has 0 aliphatic carbocycles. The van der Waals surface area contributed by atoms with Crippen molar-refractivity contribution in [3.05, 3.63) is 70.7 Å². The molecule has 2 heterocycles. The van der Waals surface area contributed by atoms with Crippen LogP contribution < -0.4 is 0 Å². The maximum absolute atomic E-state index is 13.5. The molecule has 0 unspecified atom stereocenters. The highest BCUT2D eigenvalue weighted by Gasteiger charge is 2.28. The third-order valence-corrected chi connectivity index (χ3v) is 7.51. The molecule has 1 aliphatic heterocycles. The lowest BCUT2D eigenvalue weighted by Crippen LogP contribution is -2.39. The van der Waals surface area contributed by atoms with E-state index >= 15 is 0 Å². The Morgan fingerprint density at radius 3 is 2.32 bits per heavy atom. The van der Waals surface area contributed by atoms with Crippen molar-refractivity contribution in [3.8, 4) is 0 Å². The summed E-state index contributed by atoms with van der Waals surface area (Å²) in [6.07, 6.45) is 5.13. The van der Waals surface area contributed by atoms with Gasteiger partial charge in [-0.05, 0) is 80.8 Å². The standard InChI is InChI=1S/C30H36FN3O3/c1-5-13-33(6-2)30(37)28(35)26-19-32(4)27-16-20(3)24(18-25(26)27)29(36)34-14-11-22(12-15-34)17-21-7-9-23(31)10-8-21/h7-10,16,18-19,22H,5-6,11-15,17H2,1-4H3. The first-order valence-electron chi connectivity index (χ1n) is 13.2. The van der Waals surface area contributed by atoms with E-state index < -0.39 is 11.7 Å². The molecule has 0 bridgehead atoms. The Hall–Kier alpha value is -3.48. The molecule has 7 heteroatoms. The molecule has 3 aromatic rings. The maximum Gasteiger partial charge on any atom is 0.295 e. The Balaban J connectivity index is 1.53. The summed E-state index contributed by atoms with van der Waals surface area (Å²) < 4.78 is 15.0. The van der Waals surface area contributed by atoms with Crippen LogP contribution in [0.3, 0.4) is 0 Å². The number of rotatable bonds is 8. The Labute approximate surface area is 218 Å². The Kier molecular flexibility index (Phi) is 8.10. The second-order valence-corrected chi connectivity index (χ2v) is 10.1. The molecule has 1 saturated heterocycles. The van der Waals surface area contributed by atoms with Crippen LogP contribution in [0.1, 0.15) is 65.0 Å². The summed E-state index contributed by atoms with van der Waals surface area (Å²) in [4.78, 5) is 43.1. The lowest BCUT2D eigenvalue weighted by atomic mass is 9.89. The number of ketones is 1. The Morgan fingerprint density at radius 2 is 1.70 bits per heavy atom. The summed E-state index contributed by atoms with van der Waals surface area (Å²) in [6.45, 7) is 8.08. The van der Waals surface area contributed by atoms with Crippen LogP contribution in [0.15, 0.2) is 42.6 Å². The second kappa shape index (κ2) is 11.3. The number of halogens is 1. The first kappa shape index (κ1) is 26.6. The van der Waals surface area contributed by atoms with Crippen molar-refractivity contribution in [2.45, 2.75) is 46.5 Å². The van der Waals surface area contributed by atoms with Gasteiger partial charge in [0.25, 0.3) is 17.6 Å². The summed E-state index contributed by atoms with van der Waals surface area (Å²) in [5.41, 5.74) is 3.69. The number of nitrogens with zero attached hydrogens (tertiary/aromatic N) is 3. The SMILES string of the molecule is CCCN(CC)C(=O)C(=O)c1cn(C)c2cc(C)c(C(=O)N3CCC(Cc4ccc(F)cc4)CC3)cc12. The molecule has 196 valence electrons. The van der Waals surface area contributed by atoms with Crippen LogP contribution in [0.5, 0.6) is 0 Å². The molecular weight excluding hydrogens is 469 g/mol. The van der Waals surface area contributed by atoms with E-state index in [1.165, 1.54) is 12.1 Å². The Bertz CT molecular complexity index is 1300. The summed E-state index contributed by atoms with van der Waals surface area (Å²) in [7, 11) is 1.85. The number of carbonyl (C=O) groups is 3. The van der Waals surface area contributed by atoms with Gasteiger partial charge in [0, 0.05) is 55.9 Å². The lowest BCUT2D eigenvalue weighted by molar-refractivity contribution is -0.126. The molecule has 4 rings (SSSR count). The highest BCUT2D eigenvalue weighted by atomic mass is 19.1. The van der Waals surface area contributed by atoms with Crippen molar-refractivity contribution in [2.24, 2.45) is 13.0 Å². The zero-order chi connectivity index (χ0) is 26.7. The number of aromatic nitrogens is 1. The minimum absolute atomic E-state index is 0.0469. The van der Waals surface area contributed by atoms with E-state index in [1.807, 2.05) is 55.5 Å². The summed E-state index contributed by atoms with van der Waals surface area (Å²) in [5.74, 6) is -0.868. The molecule has 2 aromatic carbocycles. The molecule has 0 N–H and O–H groups in total. The highest BCUT2D eigenvalue weighted by Crippen LogP contribution is 2.28. The van der Waals surface area contributed by atoms with Gasteiger partial charge in [-0.3, -0.25) is 14.4 Å². The van der Waals surface area contributed by atoms with Crippen molar-refractivity contribution in [3.63, 3.8) is 0 Å². The molecule has 0 radical (unpaired) electrons. The van der Waals surface area contributed by atoms with E-state index in [1.54, 1.807) is 17.2 Å². The van der Waals surface area contributed by atoms with Crippen LogP contribution in [-0.2, 0) is 18.3 Å². The minimum Gasteiger partial charge on any atom is -0.350 e. The molecule has 0 atom stereocenters. The summed E-state index contributed by atoms with van der Waals surface area (Å²) in [6, 6.07) is 10.4. The van der Waals surface area contributed by atoms with Crippen molar-refractivity contribution >= 4 is 28.5 Å². The fraction of sp³-hybridized carbons (Fsp3) is 0.433. The molecule has 37 heavy (non-hydrogen) atoms. The molecule has 1 aromatic heterocycles. The average Bonchev–Trinajstić information content (AvgIpc) is 3.22. The van der Waals surface area contributed by atoms with Gasteiger partial charge in [0.2, 0.25) is 0 Å². The quantitative estimate of drug-likeness (QED) is 0.314. The Morgan fingerprint density at radius 1 is 1.03 bits per heavy atom. The molecule has 1 fully saturated rings. The number of likely N-dealkylation sites (N-methyl/N-ethyl adjacent to an activating group) is 1. The maximum atomic E-state index is 13.5. The predicted molar refractivity (Wildman–Crippen MR) is 143 cm³/mol. The van der Waals surface area contributed by atoms with Crippen LogP contribution >= 0.6 is 0 Å². The zero-order valence-corrected chi connectivity index (χ0v) is 22.2. The molecule has 1 aliphatic rings. The van der Waals surface area contributed by atoms with Gasteiger partial charge >= 0.3 is 0 Å². The molecule has 0 saturated carbocycles. The van der Waals surface area contributed by atoms with Gasteiger partial charge in [0.15, 0.2) is 0 Å². The van der Waals surface area contributed by atoms with Crippen LogP contribution in [-0.4, -0.2) is 58.1 Å². The second-order valence-electron chi connectivity index (χ2n) is 10.1. The number of Topliss-reactive ketones (excluding diaryl/α,β-unsaturated/α-hetero) is 1. The van der Waals surface area contributed by atoms with Crippen LogP contribution in [0, 0.1) is 18.7 Å². The summed E-state index contributed by atoms with van der Waals surface area (Å²) >= 11 is 0. The topological polar surface area (TPSA) is 62.6 Å². The van der Waals surface area contributed by atoms with Gasteiger partial charge in [0.05, 0.1) is 5.56 Å². The largest absolute Gasteiger partial charge is 0.350 e. The van der Waals surface area contributed by atoms with E-state index in [0.717, 1.165) is 42.3 Å². The van der Waals surface area contributed by atoms with Crippen molar-refractivity contribution < 1.29 is 18.8 Å². The number of likely N-dealkylation sites (tertiary alicyclic amines) is 1. The average molecular weight is 506 g/mol. The van der Waals surface area contributed by atoms with Crippen molar-refractivity contribution in [1.82, 2.24) is 14.4 Å². The van der Waals surface area contributed by atoms with E-state index in [0.29, 0.717) is 48.6 Å². The van der Waals surface area contributed by atoms with Crippen LogP contribution in [0.4, 0.5) is 4.39 Å². The summed E-state index contributed by atoms with van der Waals surface area (Å²) in [5, 5.41) is 0.633. The van der Waals surface area contributed by atoms with Crippen LogP contribution in [0.2, 0.25) is 0 Å². The molecule has 0 spiro atoms. The van der Waals surface area contributed by atoms with E-state index in [-0.39, 0.29) is 11.7 Å². The number of amides is 2. The zero-order valence-electron chi connectivity index (χ0n) is 22.2. The molecular formula is C30H36FN3O3. The van der Waals surface area contributed by atoms with Gasteiger partial charge in [-0.1, -0.05) is 19.1 Å². The predicted octanol–water partition coefficient (Wildman–Crippen LogP) is 5.16. The number of piperidine rings is 1. The first-order valence-corrected chi connectivity index (χ1v) is 13.2. The van der Waals surface area contributed by atoms with Crippen LogP contribution in [0.25, 0.3) is 10.9 Å². The number of fused-ring (bicyclic) bond motifs is 1. The normalized spacial score (nSPS) is 14.2. The van der Waals surface area contributed by atoms with E-state index in [4.69, 9.17) is 0 Å². The highest BCUT2D eigenvalue weighted by molar-refractivity contribution is 6.45. The fourth-order valence-electron chi connectivity index (χ4n) is 5.34. The molecule has 2 amide bonds. The monoisotopic (exact) mass is 505 g/mol. The van der Waals surface area contributed by atoms with Crippen molar-refractivity contribution in [2.75, 3.05) is 26.2 Å². The smallest absolute Gasteiger partial charge is 0.295 e. The third-order valence-electron chi connectivity index (χ3n) is 7.51. The third kappa shape index (κ3) is 5.60.